The van der Waals surface area contributed by atoms with E-state index in [4.69, 9.17) is 10.2 Å². The summed E-state index contributed by atoms with van der Waals surface area (Å²) in [5, 5.41) is 25.3. The fraction of sp³-hybridized carbons (Fsp3) is 0.500. The SMILES string of the molecule is O=C(NCc1ncon1)N[C@H](CCO)C(=O)O. The molecule has 0 radical (unpaired) electrons. The van der Waals surface area contributed by atoms with E-state index in [0.29, 0.717) is 0 Å². The van der Waals surface area contributed by atoms with Gasteiger partial charge in [0.15, 0.2) is 5.82 Å². The first-order valence-electron chi connectivity index (χ1n) is 4.76. The molecule has 4 N–H and O–H groups in total. The van der Waals surface area contributed by atoms with Gasteiger partial charge in [-0.15, -0.1) is 0 Å². The number of carboxylic acid groups (broad SMARTS) is 1. The average molecular weight is 244 g/mol. The summed E-state index contributed by atoms with van der Waals surface area (Å²) in [7, 11) is 0. The van der Waals surface area contributed by atoms with Crippen LogP contribution < -0.4 is 10.6 Å². The van der Waals surface area contributed by atoms with Crippen LogP contribution in [0.5, 0.6) is 0 Å². The lowest BCUT2D eigenvalue weighted by atomic mass is 10.2. The van der Waals surface area contributed by atoms with Crippen LogP contribution in [-0.2, 0) is 11.3 Å². The first-order chi connectivity index (χ1) is 8.13. The highest BCUT2D eigenvalue weighted by atomic mass is 16.5. The van der Waals surface area contributed by atoms with Gasteiger partial charge >= 0.3 is 12.0 Å². The molecular weight excluding hydrogens is 232 g/mol. The number of urea groups is 1. The fourth-order valence-corrected chi connectivity index (χ4v) is 1.03. The van der Waals surface area contributed by atoms with Crippen molar-refractivity contribution in [2.45, 2.75) is 19.0 Å². The molecule has 0 bridgehead atoms. The number of carboxylic acids is 1. The number of hydrogen-bond acceptors (Lipinski definition) is 6. The molecule has 0 aromatic carbocycles. The Balaban J connectivity index is 2.34. The second kappa shape index (κ2) is 6.43. The molecule has 1 aromatic heterocycles. The minimum absolute atomic E-state index is 0.0216. The standard InChI is InChI=1S/C8H12N4O5/c13-2-1-5(7(14)15)11-8(16)9-3-6-10-4-17-12-6/h4-5,13H,1-3H2,(H,14,15)(H2,9,11,16)/t5-/m1/s1. The van der Waals surface area contributed by atoms with Crippen LogP contribution in [-0.4, -0.2) is 45.0 Å². The molecule has 0 aliphatic heterocycles. The average Bonchev–Trinajstić information content (AvgIpc) is 2.78. The van der Waals surface area contributed by atoms with Crippen LogP contribution in [0.15, 0.2) is 10.9 Å². The highest BCUT2D eigenvalue weighted by molar-refractivity contribution is 5.82. The van der Waals surface area contributed by atoms with E-state index in [2.05, 4.69) is 25.3 Å². The molecule has 1 rings (SSSR count). The molecule has 1 aromatic rings. The minimum atomic E-state index is -1.21. The molecule has 0 unspecified atom stereocenters. The van der Waals surface area contributed by atoms with Crippen LogP contribution >= 0.6 is 0 Å². The zero-order valence-electron chi connectivity index (χ0n) is 8.79. The Kier molecular flexibility index (Phi) is 4.88. The van der Waals surface area contributed by atoms with E-state index < -0.39 is 18.0 Å². The number of carbonyl (C=O) groups is 2. The van der Waals surface area contributed by atoms with Gasteiger partial charge in [0.25, 0.3) is 0 Å². The van der Waals surface area contributed by atoms with E-state index in [0.717, 1.165) is 6.39 Å². The monoisotopic (exact) mass is 244 g/mol. The number of nitrogens with one attached hydrogen (secondary N) is 2. The van der Waals surface area contributed by atoms with E-state index in [-0.39, 0.29) is 25.4 Å². The van der Waals surface area contributed by atoms with Gasteiger partial charge in [-0.3, -0.25) is 0 Å². The third kappa shape index (κ3) is 4.47. The lowest BCUT2D eigenvalue weighted by molar-refractivity contribution is -0.139. The normalized spacial score (nSPS) is 11.8. The van der Waals surface area contributed by atoms with Gasteiger partial charge in [0, 0.05) is 13.0 Å². The zero-order chi connectivity index (χ0) is 12.7. The quantitative estimate of drug-likeness (QED) is 0.488. The van der Waals surface area contributed by atoms with Crippen molar-refractivity contribution >= 4 is 12.0 Å². The van der Waals surface area contributed by atoms with Crippen molar-refractivity contribution in [3.63, 3.8) is 0 Å². The van der Waals surface area contributed by atoms with E-state index in [9.17, 15) is 9.59 Å². The molecule has 9 heteroatoms. The second-order valence-corrected chi connectivity index (χ2v) is 3.08. The third-order valence-electron chi connectivity index (χ3n) is 1.84. The number of aliphatic hydroxyl groups excluding tert-OH is 1. The summed E-state index contributed by atoms with van der Waals surface area (Å²) >= 11 is 0. The maximum atomic E-state index is 11.3. The Morgan fingerprint density at radius 1 is 1.53 bits per heavy atom. The molecule has 0 aliphatic carbocycles. The first kappa shape index (κ1) is 12.9. The van der Waals surface area contributed by atoms with Crippen molar-refractivity contribution in [3.05, 3.63) is 12.2 Å². The molecule has 0 spiro atoms. The van der Waals surface area contributed by atoms with Crippen molar-refractivity contribution < 1.29 is 24.3 Å². The van der Waals surface area contributed by atoms with Gasteiger partial charge in [-0.1, -0.05) is 5.16 Å². The lowest BCUT2D eigenvalue weighted by Crippen LogP contribution is -2.46. The summed E-state index contributed by atoms with van der Waals surface area (Å²) in [5.41, 5.74) is 0. The number of hydrogen-bond donors (Lipinski definition) is 4. The molecule has 2 amide bonds. The molecule has 9 nitrogen and oxygen atoms in total. The highest BCUT2D eigenvalue weighted by Gasteiger charge is 2.18. The maximum absolute atomic E-state index is 11.3. The van der Waals surface area contributed by atoms with Gasteiger partial charge in [0.1, 0.15) is 6.04 Å². The molecule has 0 fully saturated rings. The van der Waals surface area contributed by atoms with E-state index in [1.165, 1.54) is 0 Å². The van der Waals surface area contributed by atoms with Crippen LogP contribution in [0.3, 0.4) is 0 Å². The number of aliphatic carboxylic acids is 1. The van der Waals surface area contributed by atoms with E-state index in [1.807, 2.05) is 0 Å². The van der Waals surface area contributed by atoms with Crippen LogP contribution in [0.2, 0.25) is 0 Å². The lowest BCUT2D eigenvalue weighted by Gasteiger charge is -2.13. The number of amides is 2. The van der Waals surface area contributed by atoms with Crippen molar-refractivity contribution in [2.75, 3.05) is 6.61 Å². The first-order valence-corrected chi connectivity index (χ1v) is 4.76. The predicted molar refractivity (Wildman–Crippen MR) is 52.8 cm³/mol. The van der Waals surface area contributed by atoms with Gasteiger partial charge in [-0.05, 0) is 0 Å². The summed E-state index contributed by atoms with van der Waals surface area (Å²) in [6.45, 7) is -0.310. The zero-order valence-corrected chi connectivity index (χ0v) is 8.79. The van der Waals surface area contributed by atoms with Crippen LogP contribution in [0.25, 0.3) is 0 Å². The number of aromatic nitrogens is 2. The van der Waals surface area contributed by atoms with E-state index in [1.54, 1.807) is 0 Å². The third-order valence-corrected chi connectivity index (χ3v) is 1.84. The van der Waals surface area contributed by atoms with Crippen LogP contribution in [0.4, 0.5) is 4.79 Å². The van der Waals surface area contributed by atoms with Gasteiger partial charge < -0.3 is 25.4 Å². The van der Waals surface area contributed by atoms with Crippen molar-refractivity contribution in [3.8, 4) is 0 Å². The van der Waals surface area contributed by atoms with Gasteiger partial charge in [-0.25, -0.2) is 9.59 Å². The Bertz CT molecular complexity index is 366. The van der Waals surface area contributed by atoms with Crippen LogP contribution in [0.1, 0.15) is 12.2 Å². The summed E-state index contributed by atoms with van der Waals surface area (Å²) < 4.78 is 4.44. The number of nitrogens with zero attached hydrogens (tertiary/aromatic N) is 2. The van der Waals surface area contributed by atoms with Gasteiger partial charge in [-0.2, -0.15) is 4.98 Å². The Morgan fingerprint density at radius 2 is 2.29 bits per heavy atom. The molecule has 94 valence electrons. The molecule has 1 atom stereocenters. The predicted octanol–water partition coefficient (Wildman–Crippen LogP) is -1.30. The molecule has 17 heavy (non-hydrogen) atoms. The van der Waals surface area contributed by atoms with Gasteiger partial charge in [0.05, 0.1) is 6.54 Å². The Hall–Kier alpha value is -2.16. The van der Waals surface area contributed by atoms with Crippen LogP contribution in [0, 0.1) is 0 Å². The number of carbonyl (C=O) groups excluding carboxylic acids is 1. The van der Waals surface area contributed by atoms with E-state index >= 15 is 0 Å². The largest absolute Gasteiger partial charge is 0.480 e. The Labute approximate surface area is 95.8 Å². The summed E-state index contributed by atoms with van der Waals surface area (Å²) in [5.74, 6) is -0.942. The topological polar surface area (TPSA) is 138 Å². The van der Waals surface area contributed by atoms with Crippen molar-refractivity contribution in [1.82, 2.24) is 20.8 Å². The summed E-state index contributed by atoms with van der Waals surface area (Å²) in [4.78, 5) is 25.6. The van der Waals surface area contributed by atoms with Crippen molar-refractivity contribution in [1.29, 1.82) is 0 Å². The molecule has 0 saturated carbocycles. The number of rotatable bonds is 6. The number of aliphatic hydroxyl groups is 1. The highest BCUT2D eigenvalue weighted by Crippen LogP contribution is 1.92. The molecular formula is C8H12N4O5. The second-order valence-electron chi connectivity index (χ2n) is 3.08. The smallest absolute Gasteiger partial charge is 0.326 e. The molecule has 1 heterocycles. The fourth-order valence-electron chi connectivity index (χ4n) is 1.03. The minimum Gasteiger partial charge on any atom is -0.480 e. The summed E-state index contributed by atoms with van der Waals surface area (Å²) in [6.07, 6.45) is 1.05. The van der Waals surface area contributed by atoms with Crippen molar-refractivity contribution in [2.24, 2.45) is 0 Å². The Morgan fingerprint density at radius 3 is 2.82 bits per heavy atom. The van der Waals surface area contributed by atoms with Gasteiger partial charge in [0.2, 0.25) is 6.39 Å². The summed E-state index contributed by atoms with van der Waals surface area (Å²) in [6, 6.07) is -1.82. The molecule has 0 saturated heterocycles. The molecule has 0 aliphatic rings. The maximum Gasteiger partial charge on any atom is 0.326 e.